The zero-order chi connectivity index (χ0) is 14.2. The van der Waals surface area contributed by atoms with Crippen molar-refractivity contribution in [3.63, 3.8) is 0 Å². The molecule has 0 bridgehead atoms. The molecule has 4 rings (SSSR count). The van der Waals surface area contributed by atoms with Crippen molar-refractivity contribution in [2.24, 2.45) is 5.73 Å². The summed E-state index contributed by atoms with van der Waals surface area (Å²) in [7, 11) is 0. The van der Waals surface area contributed by atoms with Gasteiger partial charge in [-0.25, -0.2) is 0 Å². The van der Waals surface area contributed by atoms with Crippen molar-refractivity contribution >= 4 is 10.9 Å². The first-order valence-corrected chi connectivity index (χ1v) is 7.18. The molecule has 1 aliphatic heterocycles. The molecule has 1 aromatic heterocycles. The molecule has 2 aromatic carbocycles. The summed E-state index contributed by atoms with van der Waals surface area (Å²) < 4.78 is 5.78. The molecule has 21 heavy (non-hydrogen) atoms. The monoisotopic (exact) mass is 276 g/mol. The number of hydrogen-bond acceptors (Lipinski definition) is 3. The Bertz CT molecular complexity index is 808. The van der Waals surface area contributed by atoms with Gasteiger partial charge in [-0.05, 0) is 17.2 Å². The summed E-state index contributed by atoms with van der Waals surface area (Å²) in [6.45, 7) is 0.743. The number of aromatic nitrogens is 1. The van der Waals surface area contributed by atoms with Crippen LogP contribution >= 0.6 is 0 Å². The van der Waals surface area contributed by atoms with Gasteiger partial charge in [0.1, 0.15) is 5.75 Å². The number of nitrogens with zero attached hydrogens (tertiary/aromatic N) is 1. The lowest BCUT2D eigenvalue weighted by atomic mass is 9.95. The van der Waals surface area contributed by atoms with E-state index < -0.39 is 0 Å². The molecule has 0 aliphatic carbocycles. The lowest BCUT2D eigenvalue weighted by molar-refractivity contribution is 0.352. The number of hydrogen-bond donors (Lipinski definition) is 1. The number of fused-ring (bicyclic) bond motifs is 2. The second kappa shape index (κ2) is 4.86. The predicted molar refractivity (Wildman–Crippen MR) is 83.4 cm³/mol. The smallest absolute Gasteiger partial charge is 0.127 e. The Balaban J connectivity index is 1.88. The van der Waals surface area contributed by atoms with E-state index in [4.69, 9.17) is 10.5 Å². The Morgan fingerprint density at radius 1 is 1.00 bits per heavy atom. The fourth-order valence-electron chi connectivity index (χ4n) is 3.03. The van der Waals surface area contributed by atoms with Crippen LogP contribution in [0.3, 0.4) is 0 Å². The van der Waals surface area contributed by atoms with Crippen molar-refractivity contribution < 1.29 is 4.74 Å². The quantitative estimate of drug-likeness (QED) is 0.781. The Hall–Kier alpha value is -2.39. The van der Waals surface area contributed by atoms with Crippen molar-refractivity contribution in [3.05, 3.63) is 71.4 Å². The zero-order valence-corrected chi connectivity index (χ0v) is 11.6. The average Bonchev–Trinajstić information content (AvgIpc) is 3.02. The van der Waals surface area contributed by atoms with E-state index in [2.05, 4.69) is 35.3 Å². The van der Waals surface area contributed by atoms with Crippen LogP contribution in [-0.2, 0) is 6.42 Å². The van der Waals surface area contributed by atoms with Crippen LogP contribution in [0.2, 0.25) is 0 Å². The lowest BCUT2D eigenvalue weighted by Crippen LogP contribution is -2.13. The molecule has 2 N–H and O–H groups in total. The molecule has 1 aliphatic rings. The van der Waals surface area contributed by atoms with E-state index in [-0.39, 0.29) is 6.04 Å². The maximum absolute atomic E-state index is 6.54. The fourth-order valence-corrected chi connectivity index (χ4v) is 3.03. The molecular formula is C18H16N2O. The molecule has 0 saturated carbocycles. The lowest BCUT2D eigenvalue weighted by Gasteiger charge is -2.17. The summed E-state index contributed by atoms with van der Waals surface area (Å²) in [6.07, 6.45) is 2.77. The summed E-state index contributed by atoms with van der Waals surface area (Å²) >= 11 is 0. The highest BCUT2D eigenvalue weighted by molar-refractivity contribution is 5.82. The molecule has 0 radical (unpaired) electrons. The number of nitrogens with two attached hydrogens (primary N) is 1. The van der Waals surface area contributed by atoms with E-state index in [0.717, 1.165) is 40.8 Å². The van der Waals surface area contributed by atoms with Gasteiger partial charge in [-0.1, -0.05) is 42.5 Å². The summed E-state index contributed by atoms with van der Waals surface area (Å²) in [5.74, 6) is 0.956. The van der Waals surface area contributed by atoms with Crippen molar-refractivity contribution in [1.29, 1.82) is 0 Å². The third-order valence-corrected chi connectivity index (χ3v) is 4.08. The highest BCUT2D eigenvalue weighted by Crippen LogP contribution is 2.36. The topological polar surface area (TPSA) is 48.1 Å². The zero-order valence-electron chi connectivity index (χ0n) is 11.6. The maximum Gasteiger partial charge on any atom is 0.127 e. The number of rotatable bonds is 2. The molecule has 104 valence electrons. The molecule has 0 spiro atoms. The summed E-state index contributed by atoms with van der Waals surface area (Å²) in [5.41, 5.74) is 10.8. The van der Waals surface area contributed by atoms with Crippen molar-refractivity contribution in [3.8, 4) is 5.75 Å². The molecule has 1 atom stereocenters. The number of pyridine rings is 1. The molecule has 1 unspecified atom stereocenters. The Labute approximate surface area is 123 Å². The van der Waals surface area contributed by atoms with Crippen LogP contribution in [0.1, 0.15) is 22.7 Å². The van der Waals surface area contributed by atoms with E-state index in [1.165, 1.54) is 5.56 Å². The van der Waals surface area contributed by atoms with Gasteiger partial charge < -0.3 is 10.5 Å². The molecular weight excluding hydrogens is 260 g/mol. The third-order valence-electron chi connectivity index (χ3n) is 4.08. The molecule has 0 saturated heterocycles. The fraction of sp³-hybridized carbons (Fsp3) is 0.167. The minimum Gasteiger partial charge on any atom is -0.493 e. The van der Waals surface area contributed by atoms with Gasteiger partial charge in [0.05, 0.1) is 18.2 Å². The van der Waals surface area contributed by atoms with Gasteiger partial charge in [0, 0.05) is 23.6 Å². The first-order valence-electron chi connectivity index (χ1n) is 7.18. The molecule has 3 aromatic rings. The van der Waals surface area contributed by atoms with Gasteiger partial charge >= 0.3 is 0 Å². The van der Waals surface area contributed by atoms with E-state index >= 15 is 0 Å². The van der Waals surface area contributed by atoms with E-state index in [9.17, 15) is 0 Å². The van der Waals surface area contributed by atoms with Crippen molar-refractivity contribution in [2.45, 2.75) is 12.5 Å². The summed E-state index contributed by atoms with van der Waals surface area (Å²) in [4.78, 5) is 4.50. The predicted octanol–water partition coefficient (Wildman–Crippen LogP) is 3.22. The van der Waals surface area contributed by atoms with Crippen molar-refractivity contribution in [2.75, 3.05) is 6.61 Å². The minimum absolute atomic E-state index is 0.225. The van der Waals surface area contributed by atoms with Gasteiger partial charge in [0.2, 0.25) is 0 Å². The highest BCUT2D eigenvalue weighted by Gasteiger charge is 2.22. The first-order chi connectivity index (χ1) is 10.3. The van der Waals surface area contributed by atoms with Crippen molar-refractivity contribution in [1.82, 2.24) is 4.98 Å². The molecule has 2 heterocycles. The Morgan fingerprint density at radius 2 is 1.81 bits per heavy atom. The first kappa shape index (κ1) is 12.4. The minimum atomic E-state index is -0.225. The van der Waals surface area contributed by atoms with E-state index in [1.807, 2.05) is 24.4 Å². The van der Waals surface area contributed by atoms with Crippen LogP contribution in [0.15, 0.2) is 54.7 Å². The van der Waals surface area contributed by atoms with Crippen LogP contribution in [0.5, 0.6) is 5.75 Å². The normalized spacial score (nSPS) is 14.7. The Morgan fingerprint density at radius 3 is 2.76 bits per heavy atom. The van der Waals surface area contributed by atoms with Crippen LogP contribution in [-0.4, -0.2) is 11.6 Å². The van der Waals surface area contributed by atoms with E-state index in [1.54, 1.807) is 0 Å². The maximum atomic E-state index is 6.54. The van der Waals surface area contributed by atoms with Crippen LogP contribution in [0, 0.1) is 0 Å². The van der Waals surface area contributed by atoms with Gasteiger partial charge in [0.25, 0.3) is 0 Å². The van der Waals surface area contributed by atoms with Crippen LogP contribution in [0.25, 0.3) is 10.9 Å². The second-order valence-electron chi connectivity index (χ2n) is 5.33. The van der Waals surface area contributed by atoms with Gasteiger partial charge in [-0.15, -0.1) is 0 Å². The molecule has 3 heteroatoms. The standard InChI is InChI=1S/C18H16N2O/c19-16(15-8-2-5-13-9-11-21-18(13)15)14-7-1-4-12-6-3-10-20-17(12)14/h1-8,10,16H,9,11,19H2. The number of benzene rings is 2. The highest BCUT2D eigenvalue weighted by atomic mass is 16.5. The second-order valence-corrected chi connectivity index (χ2v) is 5.33. The van der Waals surface area contributed by atoms with Gasteiger partial charge in [-0.2, -0.15) is 0 Å². The van der Waals surface area contributed by atoms with Gasteiger partial charge in [0.15, 0.2) is 0 Å². The Kier molecular flexibility index (Phi) is 2.86. The molecule has 3 nitrogen and oxygen atoms in total. The summed E-state index contributed by atoms with van der Waals surface area (Å²) in [6, 6.07) is 16.1. The average molecular weight is 276 g/mol. The van der Waals surface area contributed by atoms with Crippen LogP contribution in [0.4, 0.5) is 0 Å². The van der Waals surface area contributed by atoms with Crippen LogP contribution < -0.4 is 10.5 Å². The molecule has 0 amide bonds. The summed E-state index contributed by atoms with van der Waals surface area (Å²) in [5, 5.41) is 1.11. The SMILES string of the molecule is NC(c1cccc2c1OCC2)c1cccc2cccnc12. The van der Waals surface area contributed by atoms with Gasteiger partial charge in [-0.3, -0.25) is 4.98 Å². The largest absolute Gasteiger partial charge is 0.493 e. The third kappa shape index (κ3) is 1.98. The van der Waals surface area contributed by atoms with E-state index in [0.29, 0.717) is 0 Å². The number of ether oxygens (including phenoxy) is 1. The number of para-hydroxylation sites is 2. The molecule has 0 fully saturated rings.